The molecule has 0 unspecified atom stereocenters. The molecule has 0 aliphatic carbocycles. The summed E-state index contributed by atoms with van der Waals surface area (Å²) in [7, 11) is 0. The van der Waals surface area contributed by atoms with Crippen LogP contribution in [0.15, 0.2) is 50.2 Å². The number of hydrogen-bond acceptors (Lipinski definition) is 3. The van der Waals surface area contributed by atoms with Gasteiger partial charge in [-0.25, -0.2) is 0 Å². The van der Waals surface area contributed by atoms with Gasteiger partial charge >= 0.3 is 0 Å². The monoisotopic (exact) mass is 232 g/mol. The number of hydrogen-bond donors (Lipinski definition) is 0. The molecule has 0 N–H and O–H groups in total. The summed E-state index contributed by atoms with van der Waals surface area (Å²) in [5.41, 5.74) is 2.31. The van der Waals surface area contributed by atoms with Crippen LogP contribution in [0.25, 0.3) is 22.6 Å². The summed E-state index contributed by atoms with van der Waals surface area (Å²) < 4.78 is 5.79. The Balaban J connectivity index is 2.02. The van der Waals surface area contributed by atoms with Crippen molar-refractivity contribution in [3.05, 3.63) is 45.8 Å². The predicted octanol–water partition coefficient (Wildman–Crippen LogP) is 4.74. The summed E-state index contributed by atoms with van der Waals surface area (Å²) in [4.78, 5) is 0. The van der Waals surface area contributed by atoms with E-state index in [2.05, 4.69) is 33.7 Å². The maximum atomic E-state index is 5.79. The van der Waals surface area contributed by atoms with Crippen molar-refractivity contribution in [2.24, 2.45) is 0 Å². The molecule has 3 rings (SSSR count). The Bertz CT molecular complexity index is 483. The van der Waals surface area contributed by atoms with E-state index < -0.39 is 0 Å². The Hall–Kier alpha value is -1.32. The van der Waals surface area contributed by atoms with Crippen molar-refractivity contribution < 1.29 is 4.42 Å². The molecule has 3 heterocycles. The highest BCUT2D eigenvalue weighted by Crippen LogP contribution is 2.30. The molecule has 0 saturated heterocycles. The van der Waals surface area contributed by atoms with E-state index in [1.807, 2.05) is 12.1 Å². The third-order valence-corrected chi connectivity index (χ3v) is 3.58. The number of furan rings is 1. The first kappa shape index (κ1) is 8.95. The third kappa shape index (κ3) is 1.64. The van der Waals surface area contributed by atoms with Gasteiger partial charge in [0.25, 0.3) is 0 Å². The Morgan fingerprint density at radius 2 is 1.27 bits per heavy atom. The van der Waals surface area contributed by atoms with Crippen molar-refractivity contribution in [2.45, 2.75) is 0 Å². The first-order chi connectivity index (χ1) is 7.43. The van der Waals surface area contributed by atoms with E-state index in [0.717, 1.165) is 22.6 Å². The summed E-state index contributed by atoms with van der Waals surface area (Å²) in [6.07, 6.45) is 0. The Kier molecular flexibility index (Phi) is 2.19. The molecule has 1 nitrogen and oxygen atoms in total. The van der Waals surface area contributed by atoms with Crippen molar-refractivity contribution in [2.75, 3.05) is 0 Å². The van der Waals surface area contributed by atoms with Crippen LogP contribution < -0.4 is 0 Å². The molecule has 0 aliphatic heterocycles. The molecule has 3 aromatic rings. The van der Waals surface area contributed by atoms with Crippen LogP contribution in [0.5, 0.6) is 0 Å². The number of rotatable bonds is 2. The van der Waals surface area contributed by atoms with Gasteiger partial charge in [-0.2, -0.15) is 22.7 Å². The summed E-state index contributed by atoms with van der Waals surface area (Å²) in [5.74, 6) is 1.88. The molecule has 74 valence electrons. The van der Waals surface area contributed by atoms with E-state index in [4.69, 9.17) is 4.42 Å². The Labute approximate surface area is 95.6 Å². The van der Waals surface area contributed by atoms with E-state index in [0.29, 0.717) is 0 Å². The van der Waals surface area contributed by atoms with Crippen LogP contribution >= 0.6 is 22.7 Å². The van der Waals surface area contributed by atoms with E-state index in [9.17, 15) is 0 Å². The lowest BCUT2D eigenvalue weighted by Crippen LogP contribution is -1.65. The predicted molar refractivity (Wildman–Crippen MR) is 65.3 cm³/mol. The molecule has 0 spiro atoms. The molecule has 15 heavy (non-hydrogen) atoms. The van der Waals surface area contributed by atoms with Gasteiger partial charge in [0, 0.05) is 21.9 Å². The van der Waals surface area contributed by atoms with Crippen LogP contribution in [-0.4, -0.2) is 0 Å². The average Bonchev–Trinajstić information content (AvgIpc) is 3.02. The van der Waals surface area contributed by atoms with Crippen LogP contribution in [0.4, 0.5) is 0 Å². The highest BCUT2D eigenvalue weighted by Gasteiger charge is 2.06. The van der Waals surface area contributed by atoms with Crippen LogP contribution in [0, 0.1) is 0 Å². The van der Waals surface area contributed by atoms with Crippen LogP contribution in [0.1, 0.15) is 0 Å². The highest BCUT2D eigenvalue weighted by atomic mass is 32.1. The standard InChI is InChI=1S/C12H8OS2/c1-2-12(10-4-6-15-8-10)13-11(1)9-3-5-14-7-9/h1-8H. The smallest absolute Gasteiger partial charge is 0.135 e. The van der Waals surface area contributed by atoms with Gasteiger partial charge < -0.3 is 4.42 Å². The van der Waals surface area contributed by atoms with E-state index in [1.165, 1.54) is 0 Å². The highest BCUT2D eigenvalue weighted by molar-refractivity contribution is 7.08. The average molecular weight is 232 g/mol. The number of thiophene rings is 2. The van der Waals surface area contributed by atoms with Gasteiger partial charge in [0.2, 0.25) is 0 Å². The van der Waals surface area contributed by atoms with Crippen molar-refractivity contribution in [1.82, 2.24) is 0 Å². The first-order valence-corrected chi connectivity index (χ1v) is 6.47. The fraction of sp³-hybridized carbons (Fsp3) is 0. The summed E-state index contributed by atoms with van der Waals surface area (Å²) >= 11 is 3.37. The molecule has 0 amide bonds. The van der Waals surface area contributed by atoms with Crippen LogP contribution in [0.2, 0.25) is 0 Å². The molecule has 0 bridgehead atoms. The molecule has 0 atom stereocenters. The quantitative estimate of drug-likeness (QED) is 0.622. The van der Waals surface area contributed by atoms with Gasteiger partial charge in [0.05, 0.1) is 0 Å². The van der Waals surface area contributed by atoms with Gasteiger partial charge in [0.1, 0.15) is 11.5 Å². The molecule has 3 aromatic heterocycles. The zero-order valence-electron chi connectivity index (χ0n) is 7.84. The molecule has 0 fully saturated rings. The Morgan fingerprint density at radius 3 is 1.67 bits per heavy atom. The fourth-order valence-electron chi connectivity index (χ4n) is 1.46. The van der Waals surface area contributed by atoms with E-state index in [1.54, 1.807) is 22.7 Å². The summed E-state index contributed by atoms with van der Waals surface area (Å²) in [6.45, 7) is 0. The second kappa shape index (κ2) is 3.68. The lowest BCUT2D eigenvalue weighted by Gasteiger charge is -1.91. The van der Waals surface area contributed by atoms with Gasteiger partial charge in [-0.1, -0.05) is 0 Å². The topological polar surface area (TPSA) is 13.1 Å². The largest absolute Gasteiger partial charge is 0.456 e. The summed E-state index contributed by atoms with van der Waals surface area (Å²) in [6, 6.07) is 8.19. The SMILES string of the molecule is c1cc(-c2ccc(-c3ccsc3)o2)cs1. The second-order valence-electron chi connectivity index (χ2n) is 3.19. The van der Waals surface area contributed by atoms with E-state index in [-0.39, 0.29) is 0 Å². The maximum Gasteiger partial charge on any atom is 0.135 e. The molecule has 0 aliphatic rings. The minimum Gasteiger partial charge on any atom is -0.456 e. The van der Waals surface area contributed by atoms with E-state index >= 15 is 0 Å². The normalized spacial score (nSPS) is 10.7. The Morgan fingerprint density at radius 1 is 0.733 bits per heavy atom. The third-order valence-electron chi connectivity index (χ3n) is 2.22. The molecular formula is C12H8OS2. The minimum absolute atomic E-state index is 0.942. The van der Waals surface area contributed by atoms with Crippen molar-refractivity contribution in [1.29, 1.82) is 0 Å². The zero-order valence-corrected chi connectivity index (χ0v) is 9.48. The molecule has 0 radical (unpaired) electrons. The van der Waals surface area contributed by atoms with Crippen molar-refractivity contribution in [3.63, 3.8) is 0 Å². The lowest BCUT2D eigenvalue weighted by molar-refractivity contribution is 0.598. The molecule has 0 saturated carbocycles. The molecule has 3 heteroatoms. The molecular weight excluding hydrogens is 224 g/mol. The van der Waals surface area contributed by atoms with Crippen molar-refractivity contribution >= 4 is 22.7 Å². The second-order valence-corrected chi connectivity index (χ2v) is 4.75. The maximum absolute atomic E-state index is 5.79. The fourth-order valence-corrected chi connectivity index (χ4v) is 2.75. The van der Waals surface area contributed by atoms with Gasteiger partial charge in [0.15, 0.2) is 0 Å². The summed E-state index contributed by atoms with van der Waals surface area (Å²) in [5, 5.41) is 8.30. The zero-order chi connectivity index (χ0) is 10.1. The van der Waals surface area contributed by atoms with Crippen LogP contribution in [0.3, 0.4) is 0 Å². The van der Waals surface area contributed by atoms with Gasteiger partial charge in [-0.05, 0) is 35.0 Å². The van der Waals surface area contributed by atoms with Crippen LogP contribution in [-0.2, 0) is 0 Å². The van der Waals surface area contributed by atoms with Gasteiger partial charge in [-0.3, -0.25) is 0 Å². The minimum atomic E-state index is 0.942. The first-order valence-electron chi connectivity index (χ1n) is 4.58. The lowest BCUT2D eigenvalue weighted by atomic mass is 10.2. The van der Waals surface area contributed by atoms with Gasteiger partial charge in [-0.15, -0.1) is 0 Å². The molecule has 0 aromatic carbocycles. The van der Waals surface area contributed by atoms with Crippen molar-refractivity contribution in [3.8, 4) is 22.6 Å².